The van der Waals surface area contributed by atoms with Crippen LogP contribution < -0.4 is 16.4 Å². The van der Waals surface area contributed by atoms with Crippen LogP contribution in [0, 0.1) is 13.8 Å². The summed E-state index contributed by atoms with van der Waals surface area (Å²) in [6.07, 6.45) is 0. The molecule has 2 rings (SSSR count). The van der Waals surface area contributed by atoms with Gasteiger partial charge in [-0.25, -0.2) is 4.79 Å². The Morgan fingerprint density at radius 2 is 1.90 bits per heavy atom. The van der Waals surface area contributed by atoms with Gasteiger partial charge in [-0.1, -0.05) is 30.3 Å². The molecule has 0 atom stereocenters. The Kier molecular flexibility index (Phi) is 4.25. The van der Waals surface area contributed by atoms with Gasteiger partial charge in [0.1, 0.15) is 0 Å². The first-order valence-corrected chi connectivity index (χ1v) is 6.52. The summed E-state index contributed by atoms with van der Waals surface area (Å²) in [5.41, 5.74) is 10.3. The van der Waals surface area contributed by atoms with Crippen molar-refractivity contribution in [3.05, 3.63) is 59.2 Å². The smallest absolute Gasteiger partial charge is 0.319 e. The number of rotatable bonds is 3. The normalized spacial score (nSPS) is 10.1. The fraction of sp³-hybridized carbons (Fsp3) is 0.188. The van der Waals surface area contributed by atoms with E-state index in [-0.39, 0.29) is 6.03 Å². The molecular formula is C16H19N3O. The van der Waals surface area contributed by atoms with Crippen molar-refractivity contribution in [3.8, 4) is 0 Å². The largest absolute Gasteiger partial charge is 0.397 e. The van der Waals surface area contributed by atoms with Crippen molar-refractivity contribution in [2.45, 2.75) is 20.4 Å². The van der Waals surface area contributed by atoms with E-state index in [1.165, 1.54) is 0 Å². The molecule has 0 aliphatic rings. The molecule has 0 aliphatic carbocycles. The number of aryl methyl sites for hydroxylation is 2. The van der Waals surface area contributed by atoms with Crippen LogP contribution in [0.5, 0.6) is 0 Å². The fourth-order valence-corrected chi connectivity index (χ4v) is 1.93. The Balaban J connectivity index is 1.96. The summed E-state index contributed by atoms with van der Waals surface area (Å²) < 4.78 is 0. The molecule has 0 spiro atoms. The molecule has 0 aromatic heterocycles. The Labute approximate surface area is 119 Å². The van der Waals surface area contributed by atoms with E-state index in [2.05, 4.69) is 10.6 Å². The van der Waals surface area contributed by atoms with E-state index in [0.717, 1.165) is 16.7 Å². The fourth-order valence-electron chi connectivity index (χ4n) is 1.93. The number of nitrogen functional groups attached to an aromatic ring is 1. The second kappa shape index (κ2) is 6.10. The Morgan fingerprint density at radius 3 is 2.65 bits per heavy atom. The number of hydrogen-bond donors (Lipinski definition) is 3. The lowest BCUT2D eigenvalue weighted by atomic mass is 10.1. The number of hydrogen-bond acceptors (Lipinski definition) is 2. The van der Waals surface area contributed by atoms with Gasteiger partial charge < -0.3 is 16.4 Å². The monoisotopic (exact) mass is 269 g/mol. The molecule has 0 saturated carbocycles. The van der Waals surface area contributed by atoms with Crippen molar-refractivity contribution < 1.29 is 4.79 Å². The van der Waals surface area contributed by atoms with Crippen LogP contribution >= 0.6 is 0 Å². The molecule has 0 fully saturated rings. The molecule has 2 aromatic rings. The SMILES string of the molecule is Cc1ccc(N)c(NC(=O)NCc2ccccc2C)c1. The molecule has 4 nitrogen and oxygen atoms in total. The maximum atomic E-state index is 11.9. The van der Waals surface area contributed by atoms with Crippen LogP contribution in [0.3, 0.4) is 0 Å². The predicted molar refractivity (Wildman–Crippen MR) is 82.6 cm³/mol. The number of benzene rings is 2. The van der Waals surface area contributed by atoms with E-state index in [1.807, 2.05) is 50.2 Å². The van der Waals surface area contributed by atoms with Gasteiger partial charge in [0, 0.05) is 6.54 Å². The third-order valence-corrected chi connectivity index (χ3v) is 3.16. The van der Waals surface area contributed by atoms with Gasteiger partial charge in [-0.2, -0.15) is 0 Å². The Hall–Kier alpha value is -2.49. The summed E-state index contributed by atoms with van der Waals surface area (Å²) in [6, 6.07) is 13.2. The molecule has 0 radical (unpaired) electrons. The van der Waals surface area contributed by atoms with Gasteiger partial charge in [0.2, 0.25) is 0 Å². The quantitative estimate of drug-likeness (QED) is 0.749. The average molecular weight is 269 g/mol. The number of carbonyl (C=O) groups excluding carboxylic acids is 1. The highest BCUT2D eigenvalue weighted by Crippen LogP contribution is 2.19. The van der Waals surface area contributed by atoms with Gasteiger partial charge in [-0.05, 0) is 42.7 Å². The summed E-state index contributed by atoms with van der Waals surface area (Å²) in [7, 11) is 0. The second-order valence-electron chi connectivity index (χ2n) is 4.82. The Bertz CT molecular complexity index is 623. The first-order valence-electron chi connectivity index (χ1n) is 6.52. The van der Waals surface area contributed by atoms with Crippen molar-refractivity contribution in [3.63, 3.8) is 0 Å². The minimum Gasteiger partial charge on any atom is -0.397 e. The lowest BCUT2D eigenvalue weighted by Crippen LogP contribution is -2.28. The maximum Gasteiger partial charge on any atom is 0.319 e. The molecule has 0 unspecified atom stereocenters. The Morgan fingerprint density at radius 1 is 1.15 bits per heavy atom. The molecule has 104 valence electrons. The molecule has 0 saturated heterocycles. The number of carbonyl (C=O) groups is 1. The van der Waals surface area contributed by atoms with Crippen LogP contribution in [0.15, 0.2) is 42.5 Å². The van der Waals surface area contributed by atoms with Gasteiger partial charge in [0.15, 0.2) is 0 Å². The third-order valence-electron chi connectivity index (χ3n) is 3.16. The van der Waals surface area contributed by atoms with Crippen LogP contribution in [0.1, 0.15) is 16.7 Å². The van der Waals surface area contributed by atoms with E-state index in [4.69, 9.17) is 5.73 Å². The van der Waals surface area contributed by atoms with E-state index in [0.29, 0.717) is 17.9 Å². The average Bonchev–Trinajstić information content (AvgIpc) is 2.42. The zero-order valence-corrected chi connectivity index (χ0v) is 11.7. The second-order valence-corrected chi connectivity index (χ2v) is 4.82. The van der Waals surface area contributed by atoms with Crippen LogP contribution in [0.2, 0.25) is 0 Å². The summed E-state index contributed by atoms with van der Waals surface area (Å²) in [5.74, 6) is 0. The van der Waals surface area contributed by atoms with E-state index >= 15 is 0 Å². The zero-order chi connectivity index (χ0) is 14.5. The highest BCUT2D eigenvalue weighted by atomic mass is 16.2. The van der Waals surface area contributed by atoms with E-state index in [1.54, 1.807) is 6.07 Å². The van der Waals surface area contributed by atoms with Crippen LogP contribution in [0.4, 0.5) is 16.2 Å². The highest BCUT2D eigenvalue weighted by molar-refractivity contribution is 5.92. The molecule has 4 N–H and O–H groups in total. The molecule has 0 heterocycles. The van der Waals surface area contributed by atoms with Gasteiger partial charge >= 0.3 is 6.03 Å². The van der Waals surface area contributed by atoms with E-state index < -0.39 is 0 Å². The molecule has 4 heteroatoms. The van der Waals surface area contributed by atoms with Gasteiger partial charge in [0.05, 0.1) is 11.4 Å². The first-order chi connectivity index (χ1) is 9.56. The lowest BCUT2D eigenvalue weighted by Gasteiger charge is -2.11. The highest BCUT2D eigenvalue weighted by Gasteiger charge is 2.05. The molecular weight excluding hydrogens is 250 g/mol. The van der Waals surface area contributed by atoms with Crippen molar-refractivity contribution in [1.29, 1.82) is 0 Å². The minimum atomic E-state index is -0.259. The van der Waals surface area contributed by atoms with Crippen LogP contribution in [-0.4, -0.2) is 6.03 Å². The third kappa shape index (κ3) is 3.51. The van der Waals surface area contributed by atoms with E-state index in [9.17, 15) is 4.79 Å². The summed E-state index contributed by atoms with van der Waals surface area (Å²) in [5, 5.41) is 5.60. The van der Waals surface area contributed by atoms with Gasteiger partial charge in [0.25, 0.3) is 0 Å². The van der Waals surface area contributed by atoms with Crippen molar-refractivity contribution >= 4 is 17.4 Å². The molecule has 2 aromatic carbocycles. The zero-order valence-electron chi connectivity index (χ0n) is 11.7. The standard InChI is InChI=1S/C16H19N3O/c1-11-7-8-14(17)15(9-11)19-16(20)18-10-13-6-4-3-5-12(13)2/h3-9H,10,17H2,1-2H3,(H2,18,19,20). The minimum absolute atomic E-state index is 0.259. The number of amides is 2. The van der Waals surface area contributed by atoms with Crippen molar-refractivity contribution in [2.24, 2.45) is 0 Å². The number of anilines is 2. The molecule has 20 heavy (non-hydrogen) atoms. The summed E-state index contributed by atoms with van der Waals surface area (Å²) >= 11 is 0. The maximum absolute atomic E-state index is 11.9. The number of urea groups is 1. The van der Waals surface area contributed by atoms with Crippen molar-refractivity contribution in [2.75, 3.05) is 11.1 Å². The summed E-state index contributed by atoms with van der Waals surface area (Å²) in [4.78, 5) is 11.9. The van der Waals surface area contributed by atoms with Gasteiger partial charge in [-0.15, -0.1) is 0 Å². The summed E-state index contributed by atoms with van der Waals surface area (Å²) in [6.45, 7) is 4.47. The van der Waals surface area contributed by atoms with Crippen molar-refractivity contribution in [1.82, 2.24) is 5.32 Å². The first kappa shape index (κ1) is 13.9. The number of nitrogens with two attached hydrogens (primary N) is 1. The number of nitrogens with one attached hydrogen (secondary N) is 2. The molecule has 0 aliphatic heterocycles. The topological polar surface area (TPSA) is 67.1 Å². The molecule has 0 bridgehead atoms. The predicted octanol–water partition coefficient (Wildman–Crippen LogP) is 3.21. The van der Waals surface area contributed by atoms with Gasteiger partial charge in [-0.3, -0.25) is 0 Å². The van der Waals surface area contributed by atoms with Crippen LogP contribution in [-0.2, 0) is 6.54 Å². The van der Waals surface area contributed by atoms with Crippen LogP contribution in [0.25, 0.3) is 0 Å². The molecule has 2 amide bonds. The lowest BCUT2D eigenvalue weighted by molar-refractivity contribution is 0.251.